The second-order valence-corrected chi connectivity index (χ2v) is 5.52. The summed E-state index contributed by atoms with van der Waals surface area (Å²) in [6, 6.07) is 17.9. The highest BCUT2D eigenvalue weighted by atomic mass is 16.1. The first-order valence-electron chi connectivity index (χ1n) is 7.19. The molecule has 0 aliphatic carbocycles. The molecule has 3 heteroatoms. The smallest absolute Gasteiger partial charge is 0.191 e. The highest BCUT2D eigenvalue weighted by Gasteiger charge is 2.06. The second-order valence-electron chi connectivity index (χ2n) is 5.52. The van der Waals surface area contributed by atoms with Gasteiger partial charge in [0.05, 0.1) is 11.1 Å². The molecule has 3 nitrogen and oxygen atoms in total. The van der Waals surface area contributed by atoms with E-state index in [9.17, 15) is 4.79 Å². The molecule has 0 spiro atoms. The molecule has 0 saturated carbocycles. The van der Waals surface area contributed by atoms with Crippen LogP contribution in [-0.4, -0.2) is 9.97 Å². The van der Waals surface area contributed by atoms with Crippen molar-refractivity contribution in [3.8, 4) is 11.3 Å². The van der Waals surface area contributed by atoms with Crippen LogP contribution in [0.15, 0.2) is 65.6 Å². The maximum atomic E-state index is 12.3. The number of H-pyrrole nitrogens is 1. The number of fused-ring (bicyclic) bond motifs is 2. The van der Waals surface area contributed by atoms with E-state index in [4.69, 9.17) is 0 Å². The van der Waals surface area contributed by atoms with Gasteiger partial charge >= 0.3 is 0 Å². The Kier molecular flexibility index (Phi) is 2.79. The monoisotopic (exact) mass is 286 g/mol. The summed E-state index contributed by atoms with van der Waals surface area (Å²) >= 11 is 0. The highest BCUT2D eigenvalue weighted by molar-refractivity contribution is 5.87. The molecule has 0 amide bonds. The van der Waals surface area contributed by atoms with E-state index in [0.29, 0.717) is 11.0 Å². The maximum Gasteiger partial charge on any atom is 0.191 e. The molecule has 22 heavy (non-hydrogen) atoms. The van der Waals surface area contributed by atoms with Gasteiger partial charge in [0.2, 0.25) is 0 Å². The molecule has 1 N–H and O–H groups in total. The molecule has 0 bridgehead atoms. The van der Waals surface area contributed by atoms with Gasteiger partial charge in [-0.1, -0.05) is 36.4 Å². The summed E-state index contributed by atoms with van der Waals surface area (Å²) in [6.45, 7) is 1.93. The average Bonchev–Trinajstić information content (AvgIpc) is 2.55. The molecule has 0 radical (unpaired) electrons. The Hall–Kier alpha value is -2.94. The molecule has 4 aromatic rings. The van der Waals surface area contributed by atoms with E-state index < -0.39 is 0 Å². The average molecular weight is 286 g/mol. The van der Waals surface area contributed by atoms with E-state index in [0.717, 1.165) is 22.2 Å². The number of nitrogens with one attached hydrogen (secondary N) is 1. The number of aryl methyl sites for hydroxylation is 1. The first-order chi connectivity index (χ1) is 10.7. The van der Waals surface area contributed by atoms with Crippen LogP contribution in [0.3, 0.4) is 0 Å². The quantitative estimate of drug-likeness (QED) is 0.573. The SMILES string of the molecule is Cc1cnc2[nH]c(-c3ccc4ccccc4c3)cc(=O)c2c1. The standard InChI is InChI=1S/C19H14N2O/c1-12-8-16-18(22)10-17(21-19(16)20-11-12)15-7-6-13-4-2-3-5-14(13)9-15/h2-11H,1H3,(H,20,21,22). The zero-order valence-corrected chi connectivity index (χ0v) is 12.1. The lowest BCUT2D eigenvalue weighted by Gasteiger charge is -2.06. The minimum atomic E-state index is -0.00638. The fourth-order valence-electron chi connectivity index (χ4n) is 2.74. The lowest BCUT2D eigenvalue weighted by molar-refractivity contribution is 1.25. The summed E-state index contributed by atoms with van der Waals surface area (Å²) in [4.78, 5) is 19.9. The number of aromatic nitrogens is 2. The van der Waals surface area contributed by atoms with Gasteiger partial charge in [0, 0.05) is 12.3 Å². The van der Waals surface area contributed by atoms with Crippen molar-refractivity contribution < 1.29 is 0 Å². The van der Waals surface area contributed by atoms with Gasteiger partial charge in [-0.05, 0) is 41.0 Å². The van der Waals surface area contributed by atoms with Crippen molar-refractivity contribution in [2.24, 2.45) is 0 Å². The van der Waals surface area contributed by atoms with E-state index in [1.54, 1.807) is 12.3 Å². The minimum Gasteiger partial charge on any atom is -0.339 e. The highest BCUT2D eigenvalue weighted by Crippen LogP contribution is 2.23. The van der Waals surface area contributed by atoms with Gasteiger partial charge in [-0.2, -0.15) is 0 Å². The van der Waals surface area contributed by atoms with Crippen LogP contribution >= 0.6 is 0 Å². The lowest BCUT2D eigenvalue weighted by Crippen LogP contribution is -2.04. The van der Waals surface area contributed by atoms with Gasteiger partial charge in [-0.3, -0.25) is 4.79 Å². The van der Waals surface area contributed by atoms with Gasteiger partial charge in [-0.25, -0.2) is 4.98 Å². The number of aromatic amines is 1. The molecule has 0 saturated heterocycles. The van der Waals surface area contributed by atoms with Crippen LogP contribution in [0.5, 0.6) is 0 Å². The van der Waals surface area contributed by atoms with Crippen LogP contribution < -0.4 is 5.43 Å². The van der Waals surface area contributed by atoms with Crippen LogP contribution in [0, 0.1) is 6.92 Å². The number of pyridine rings is 2. The summed E-state index contributed by atoms with van der Waals surface area (Å²) in [5, 5.41) is 2.96. The number of hydrogen-bond donors (Lipinski definition) is 1. The Morgan fingerprint density at radius 1 is 0.955 bits per heavy atom. The van der Waals surface area contributed by atoms with E-state index in [1.165, 1.54) is 5.39 Å². The first-order valence-corrected chi connectivity index (χ1v) is 7.19. The second kappa shape index (κ2) is 4.81. The first kappa shape index (κ1) is 12.8. The molecule has 4 rings (SSSR count). The normalized spacial score (nSPS) is 11.1. The van der Waals surface area contributed by atoms with Crippen LogP contribution in [0.4, 0.5) is 0 Å². The Morgan fingerprint density at radius 3 is 2.64 bits per heavy atom. The van der Waals surface area contributed by atoms with Crippen molar-refractivity contribution in [2.75, 3.05) is 0 Å². The summed E-state index contributed by atoms with van der Waals surface area (Å²) in [7, 11) is 0. The molecule has 0 atom stereocenters. The number of benzene rings is 2. The van der Waals surface area contributed by atoms with Crippen LogP contribution in [-0.2, 0) is 0 Å². The maximum absolute atomic E-state index is 12.3. The molecule has 2 heterocycles. The number of rotatable bonds is 1. The predicted molar refractivity (Wildman–Crippen MR) is 90.0 cm³/mol. The summed E-state index contributed by atoms with van der Waals surface area (Å²) in [6.07, 6.45) is 1.77. The molecule has 0 aliphatic heterocycles. The van der Waals surface area contributed by atoms with Crippen LogP contribution in [0.25, 0.3) is 33.1 Å². The van der Waals surface area contributed by atoms with Gasteiger partial charge in [0.25, 0.3) is 0 Å². The van der Waals surface area contributed by atoms with Gasteiger partial charge in [-0.15, -0.1) is 0 Å². The molecule has 106 valence electrons. The van der Waals surface area contributed by atoms with Crippen LogP contribution in [0.1, 0.15) is 5.56 Å². The topological polar surface area (TPSA) is 45.8 Å². The lowest BCUT2D eigenvalue weighted by atomic mass is 10.0. The van der Waals surface area contributed by atoms with E-state index >= 15 is 0 Å². The number of hydrogen-bond acceptors (Lipinski definition) is 2. The predicted octanol–water partition coefficient (Wildman–Crippen LogP) is 4.05. The third-order valence-electron chi connectivity index (χ3n) is 3.88. The van der Waals surface area contributed by atoms with Gasteiger partial charge < -0.3 is 4.98 Å². The van der Waals surface area contributed by atoms with Gasteiger partial charge in [0.1, 0.15) is 5.65 Å². The summed E-state index contributed by atoms with van der Waals surface area (Å²) < 4.78 is 0. The van der Waals surface area contributed by atoms with Gasteiger partial charge in [0.15, 0.2) is 5.43 Å². The largest absolute Gasteiger partial charge is 0.339 e. The van der Waals surface area contributed by atoms with Crippen LogP contribution in [0.2, 0.25) is 0 Å². The molecule has 0 fully saturated rings. The molecule has 2 aromatic carbocycles. The zero-order valence-electron chi connectivity index (χ0n) is 12.1. The third kappa shape index (κ3) is 2.07. The Labute approximate surface area is 127 Å². The third-order valence-corrected chi connectivity index (χ3v) is 3.88. The molecular formula is C19H14N2O. The Bertz CT molecular complexity index is 1060. The van der Waals surface area contributed by atoms with Crippen molar-refractivity contribution in [1.29, 1.82) is 0 Å². The van der Waals surface area contributed by atoms with Crippen molar-refractivity contribution in [2.45, 2.75) is 6.92 Å². The van der Waals surface area contributed by atoms with E-state index in [-0.39, 0.29) is 5.43 Å². The fourth-order valence-corrected chi connectivity index (χ4v) is 2.74. The van der Waals surface area contributed by atoms with Crippen molar-refractivity contribution in [3.05, 3.63) is 76.6 Å². The molecule has 0 aliphatic rings. The van der Waals surface area contributed by atoms with E-state index in [2.05, 4.69) is 34.2 Å². The molecular weight excluding hydrogens is 272 g/mol. The van der Waals surface area contributed by atoms with E-state index in [1.807, 2.05) is 31.2 Å². The fraction of sp³-hybridized carbons (Fsp3) is 0.0526. The van der Waals surface area contributed by atoms with Crippen molar-refractivity contribution in [1.82, 2.24) is 9.97 Å². The Morgan fingerprint density at radius 2 is 1.77 bits per heavy atom. The van der Waals surface area contributed by atoms with Crippen molar-refractivity contribution in [3.63, 3.8) is 0 Å². The molecule has 0 unspecified atom stereocenters. The summed E-state index contributed by atoms with van der Waals surface area (Å²) in [5.41, 5.74) is 3.38. The summed E-state index contributed by atoms with van der Waals surface area (Å²) in [5.74, 6) is 0. The Balaban J connectivity index is 1.96. The minimum absolute atomic E-state index is 0.00638. The van der Waals surface area contributed by atoms with Crippen molar-refractivity contribution >= 4 is 21.8 Å². The molecule has 2 aromatic heterocycles. The zero-order chi connectivity index (χ0) is 15.1. The number of nitrogens with zero attached hydrogens (tertiary/aromatic N) is 1.